The molecule has 106 valence electrons. The third-order valence-corrected chi connectivity index (χ3v) is 4.68. The van der Waals surface area contributed by atoms with E-state index in [4.69, 9.17) is 5.73 Å². The Kier molecular flexibility index (Phi) is 4.47. The number of anilines is 1. The van der Waals surface area contributed by atoms with Crippen LogP contribution in [0.4, 0.5) is 5.69 Å². The molecule has 1 aromatic carbocycles. The standard InChI is InChI=1S/C14H22N2O2S/c1-19(17,18)11-12-5-7-16(8-6-12)10-13-3-2-4-14(15)9-13/h2-4,9,12H,5-8,10-11,15H2,1H3. The zero-order valence-corrected chi connectivity index (χ0v) is 12.2. The van der Waals surface area contributed by atoms with Crippen molar-refractivity contribution >= 4 is 15.5 Å². The zero-order chi connectivity index (χ0) is 13.9. The lowest BCUT2D eigenvalue weighted by Crippen LogP contribution is -2.35. The summed E-state index contributed by atoms with van der Waals surface area (Å²) in [5.74, 6) is 0.658. The van der Waals surface area contributed by atoms with Crippen LogP contribution in [0.3, 0.4) is 0 Å². The summed E-state index contributed by atoms with van der Waals surface area (Å²) in [6, 6.07) is 7.95. The number of nitrogens with two attached hydrogens (primary N) is 1. The molecule has 0 unspecified atom stereocenters. The summed E-state index contributed by atoms with van der Waals surface area (Å²) in [7, 11) is -2.84. The smallest absolute Gasteiger partial charge is 0.147 e. The molecule has 19 heavy (non-hydrogen) atoms. The Morgan fingerprint density at radius 2 is 2.00 bits per heavy atom. The number of nitrogen functional groups attached to an aromatic ring is 1. The molecule has 0 aliphatic carbocycles. The molecule has 2 N–H and O–H groups in total. The minimum atomic E-state index is -2.84. The van der Waals surface area contributed by atoms with Crippen molar-refractivity contribution in [3.63, 3.8) is 0 Å². The number of benzene rings is 1. The van der Waals surface area contributed by atoms with Gasteiger partial charge >= 0.3 is 0 Å². The van der Waals surface area contributed by atoms with Crippen LogP contribution in [0.1, 0.15) is 18.4 Å². The van der Waals surface area contributed by atoms with Gasteiger partial charge in [-0.25, -0.2) is 8.42 Å². The van der Waals surface area contributed by atoms with E-state index in [2.05, 4.69) is 11.0 Å². The molecule has 0 saturated carbocycles. The van der Waals surface area contributed by atoms with Crippen molar-refractivity contribution in [1.29, 1.82) is 0 Å². The van der Waals surface area contributed by atoms with Gasteiger partial charge in [0.15, 0.2) is 0 Å². The maximum atomic E-state index is 11.3. The maximum absolute atomic E-state index is 11.3. The van der Waals surface area contributed by atoms with Gasteiger partial charge in [0.05, 0.1) is 5.75 Å². The second-order valence-corrected chi connectivity index (χ2v) is 7.74. The molecule has 0 bridgehead atoms. The van der Waals surface area contributed by atoms with Gasteiger partial charge in [-0.2, -0.15) is 0 Å². The lowest BCUT2D eigenvalue weighted by atomic mass is 9.98. The fraction of sp³-hybridized carbons (Fsp3) is 0.571. The zero-order valence-electron chi connectivity index (χ0n) is 11.4. The monoisotopic (exact) mass is 282 g/mol. The van der Waals surface area contributed by atoms with Crippen LogP contribution in [0, 0.1) is 5.92 Å². The third-order valence-electron chi connectivity index (χ3n) is 3.60. The van der Waals surface area contributed by atoms with E-state index in [0.717, 1.165) is 38.2 Å². The molecular formula is C14H22N2O2S. The highest BCUT2D eigenvalue weighted by atomic mass is 32.2. The van der Waals surface area contributed by atoms with Gasteiger partial charge in [-0.15, -0.1) is 0 Å². The molecule has 5 heteroatoms. The Morgan fingerprint density at radius 1 is 1.32 bits per heavy atom. The second-order valence-electron chi connectivity index (χ2n) is 5.56. The summed E-state index contributed by atoms with van der Waals surface area (Å²) in [4.78, 5) is 2.37. The molecule has 0 atom stereocenters. The Balaban J connectivity index is 1.84. The number of rotatable bonds is 4. The molecule has 4 nitrogen and oxygen atoms in total. The second kappa shape index (κ2) is 5.92. The fourth-order valence-electron chi connectivity index (χ4n) is 2.69. The van der Waals surface area contributed by atoms with Crippen molar-refractivity contribution in [2.45, 2.75) is 19.4 Å². The van der Waals surface area contributed by atoms with Gasteiger partial charge in [-0.05, 0) is 49.5 Å². The molecule has 1 saturated heterocycles. The van der Waals surface area contributed by atoms with E-state index in [9.17, 15) is 8.42 Å². The first kappa shape index (κ1) is 14.3. The first-order valence-electron chi connectivity index (χ1n) is 6.67. The van der Waals surface area contributed by atoms with Crippen molar-refractivity contribution in [3.05, 3.63) is 29.8 Å². The molecule has 1 fully saturated rings. The Hall–Kier alpha value is -1.07. The topological polar surface area (TPSA) is 63.4 Å². The van der Waals surface area contributed by atoms with Gasteiger partial charge in [0.1, 0.15) is 9.84 Å². The van der Waals surface area contributed by atoms with E-state index in [1.54, 1.807) is 0 Å². The Bertz CT molecular complexity index is 520. The predicted octanol–water partition coefficient (Wildman–Crippen LogP) is 1.53. The van der Waals surface area contributed by atoms with Crippen molar-refractivity contribution in [1.82, 2.24) is 4.90 Å². The highest BCUT2D eigenvalue weighted by molar-refractivity contribution is 7.90. The number of likely N-dealkylation sites (tertiary alicyclic amines) is 1. The maximum Gasteiger partial charge on any atom is 0.147 e. The molecule has 1 aliphatic rings. The van der Waals surface area contributed by atoms with E-state index >= 15 is 0 Å². The van der Waals surface area contributed by atoms with Crippen molar-refractivity contribution < 1.29 is 8.42 Å². The van der Waals surface area contributed by atoms with E-state index in [1.165, 1.54) is 11.8 Å². The normalized spacial score (nSPS) is 18.6. The van der Waals surface area contributed by atoms with E-state index < -0.39 is 9.84 Å². The first-order chi connectivity index (χ1) is 8.92. The molecule has 1 aliphatic heterocycles. The van der Waals surface area contributed by atoms with Crippen LogP contribution in [-0.4, -0.2) is 38.4 Å². The van der Waals surface area contributed by atoms with Gasteiger partial charge in [0.2, 0.25) is 0 Å². The summed E-state index contributed by atoms with van der Waals surface area (Å²) in [5.41, 5.74) is 7.79. The summed E-state index contributed by atoms with van der Waals surface area (Å²) in [6.45, 7) is 2.83. The molecule has 0 aromatic heterocycles. The van der Waals surface area contributed by atoms with Crippen LogP contribution < -0.4 is 5.73 Å². The first-order valence-corrected chi connectivity index (χ1v) is 8.73. The highest BCUT2D eigenvalue weighted by Gasteiger charge is 2.22. The average molecular weight is 282 g/mol. The van der Waals surface area contributed by atoms with E-state index in [-0.39, 0.29) is 0 Å². The number of sulfone groups is 1. The number of hydrogen-bond acceptors (Lipinski definition) is 4. The summed E-state index contributed by atoms with van der Waals surface area (Å²) >= 11 is 0. The van der Waals surface area contributed by atoms with Crippen molar-refractivity contribution in [2.24, 2.45) is 5.92 Å². The minimum Gasteiger partial charge on any atom is -0.399 e. The molecular weight excluding hydrogens is 260 g/mol. The Labute approximate surface area is 115 Å². The molecule has 2 rings (SSSR count). The molecule has 0 spiro atoms. The lowest BCUT2D eigenvalue weighted by molar-refractivity contribution is 0.186. The SMILES string of the molecule is CS(=O)(=O)CC1CCN(Cc2cccc(N)c2)CC1. The Morgan fingerprint density at radius 3 is 2.58 bits per heavy atom. The lowest BCUT2D eigenvalue weighted by Gasteiger charge is -2.31. The van der Waals surface area contributed by atoms with Crippen molar-refractivity contribution in [2.75, 3.05) is 30.8 Å². The quantitative estimate of drug-likeness (QED) is 0.851. The van der Waals surface area contributed by atoms with Crippen LogP contribution in [0.25, 0.3) is 0 Å². The predicted molar refractivity (Wildman–Crippen MR) is 78.6 cm³/mol. The van der Waals surface area contributed by atoms with Crippen LogP contribution in [0.15, 0.2) is 24.3 Å². The van der Waals surface area contributed by atoms with Crippen LogP contribution in [-0.2, 0) is 16.4 Å². The van der Waals surface area contributed by atoms with Crippen molar-refractivity contribution in [3.8, 4) is 0 Å². The summed E-state index contributed by atoms with van der Waals surface area (Å²) in [5, 5.41) is 0. The van der Waals surface area contributed by atoms with Gasteiger partial charge in [0.25, 0.3) is 0 Å². The summed E-state index contributed by atoms with van der Waals surface area (Å²) in [6.07, 6.45) is 3.26. The number of nitrogens with zero attached hydrogens (tertiary/aromatic N) is 1. The molecule has 0 amide bonds. The largest absolute Gasteiger partial charge is 0.399 e. The highest BCUT2D eigenvalue weighted by Crippen LogP contribution is 2.20. The minimum absolute atomic E-state index is 0.326. The molecule has 0 radical (unpaired) electrons. The molecule has 1 heterocycles. The van der Waals surface area contributed by atoms with E-state index in [1.807, 2.05) is 18.2 Å². The van der Waals surface area contributed by atoms with Gasteiger partial charge in [-0.3, -0.25) is 4.90 Å². The number of hydrogen-bond donors (Lipinski definition) is 1. The van der Waals surface area contributed by atoms with Gasteiger partial charge < -0.3 is 5.73 Å². The molecule has 1 aromatic rings. The third kappa shape index (κ3) is 4.84. The van der Waals surface area contributed by atoms with Gasteiger partial charge in [-0.1, -0.05) is 12.1 Å². The summed E-state index contributed by atoms with van der Waals surface area (Å²) < 4.78 is 22.6. The average Bonchev–Trinajstić information content (AvgIpc) is 2.30. The number of piperidine rings is 1. The van der Waals surface area contributed by atoms with Crippen LogP contribution in [0.2, 0.25) is 0 Å². The van der Waals surface area contributed by atoms with Gasteiger partial charge in [0, 0.05) is 18.5 Å². The van der Waals surface area contributed by atoms with Crippen LogP contribution in [0.5, 0.6) is 0 Å². The van der Waals surface area contributed by atoms with E-state index in [0.29, 0.717) is 11.7 Å². The van der Waals surface area contributed by atoms with Crippen LogP contribution >= 0.6 is 0 Å². The fourth-order valence-corrected chi connectivity index (χ4v) is 3.88.